The average Bonchev–Trinajstić information content (AvgIpc) is 2.84. The van der Waals surface area contributed by atoms with Gasteiger partial charge in [-0.1, -0.05) is 0 Å². The average molecular weight is 220 g/mol. The second kappa shape index (κ2) is 4.94. The second-order valence-electron chi connectivity index (χ2n) is 3.74. The molecule has 0 atom stereocenters. The van der Waals surface area contributed by atoms with E-state index in [1.807, 2.05) is 24.6 Å². The van der Waals surface area contributed by atoms with Crippen molar-refractivity contribution in [2.24, 2.45) is 0 Å². The molecule has 1 N–H and O–H groups in total. The molecule has 5 nitrogen and oxygen atoms in total. The van der Waals surface area contributed by atoms with Crippen LogP contribution in [0.4, 0.5) is 0 Å². The highest BCUT2D eigenvalue weighted by Gasteiger charge is 2.01. The minimum Gasteiger partial charge on any atom is -0.472 e. The van der Waals surface area contributed by atoms with Crippen LogP contribution in [0.15, 0.2) is 23.0 Å². The Morgan fingerprint density at radius 3 is 2.94 bits per heavy atom. The Bertz CT molecular complexity index is 433. The van der Waals surface area contributed by atoms with E-state index < -0.39 is 0 Å². The van der Waals surface area contributed by atoms with Crippen molar-refractivity contribution in [2.75, 3.05) is 6.54 Å². The van der Waals surface area contributed by atoms with E-state index in [2.05, 4.69) is 15.4 Å². The molecule has 0 aliphatic heterocycles. The molecule has 0 saturated carbocycles. The van der Waals surface area contributed by atoms with Crippen molar-refractivity contribution < 1.29 is 4.42 Å². The number of aromatic nitrogens is 3. The summed E-state index contributed by atoms with van der Waals surface area (Å²) < 4.78 is 6.90. The van der Waals surface area contributed by atoms with Gasteiger partial charge in [0.1, 0.15) is 11.6 Å². The van der Waals surface area contributed by atoms with E-state index in [4.69, 9.17) is 4.42 Å². The van der Waals surface area contributed by atoms with E-state index in [-0.39, 0.29) is 0 Å². The van der Waals surface area contributed by atoms with Crippen LogP contribution in [-0.2, 0) is 13.1 Å². The Hall–Kier alpha value is -1.62. The third-order valence-corrected chi connectivity index (χ3v) is 2.37. The van der Waals surface area contributed by atoms with Crippen molar-refractivity contribution in [2.45, 2.75) is 26.9 Å². The summed E-state index contributed by atoms with van der Waals surface area (Å²) in [4.78, 5) is 4.25. The van der Waals surface area contributed by atoms with Crippen LogP contribution in [-0.4, -0.2) is 21.3 Å². The lowest BCUT2D eigenvalue weighted by atomic mass is 10.3. The van der Waals surface area contributed by atoms with Crippen LogP contribution < -0.4 is 5.32 Å². The first-order valence-electron chi connectivity index (χ1n) is 5.35. The molecule has 0 radical (unpaired) electrons. The normalized spacial score (nSPS) is 10.9. The lowest BCUT2D eigenvalue weighted by molar-refractivity contribution is 0.534. The Balaban J connectivity index is 1.74. The first-order chi connectivity index (χ1) is 7.75. The fraction of sp³-hybridized carbons (Fsp3) is 0.455. The van der Waals surface area contributed by atoms with Crippen LogP contribution in [0.1, 0.15) is 17.2 Å². The number of rotatable bonds is 5. The van der Waals surface area contributed by atoms with Crippen LogP contribution in [0, 0.1) is 13.8 Å². The minimum atomic E-state index is 0.823. The molecule has 2 aromatic heterocycles. The standard InChI is InChI=1S/C11H16N4O/c1-9-13-10(2)15(14-9)5-4-12-7-11-3-6-16-8-11/h3,6,8,12H,4-5,7H2,1-2H3. The van der Waals surface area contributed by atoms with Gasteiger partial charge in [-0.2, -0.15) is 5.10 Å². The van der Waals surface area contributed by atoms with E-state index >= 15 is 0 Å². The molecule has 0 amide bonds. The third kappa shape index (κ3) is 2.70. The summed E-state index contributed by atoms with van der Waals surface area (Å²) in [6.45, 7) is 6.40. The molecule has 0 bridgehead atoms. The number of hydrogen-bond donors (Lipinski definition) is 1. The van der Waals surface area contributed by atoms with Gasteiger partial charge in [0.05, 0.1) is 19.1 Å². The highest BCUT2D eigenvalue weighted by Crippen LogP contribution is 1.98. The molecule has 0 aliphatic rings. The highest BCUT2D eigenvalue weighted by molar-refractivity contribution is 5.04. The van der Waals surface area contributed by atoms with Gasteiger partial charge in [0.15, 0.2) is 0 Å². The SMILES string of the molecule is Cc1nc(C)n(CCNCc2ccoc2)n1. The maximum atomic E-state index is 4.98. The quantitative estimate of drug-likeness (QED) is 0.771. The van der Waals surface area contributed by atoms with Crippen LogP contribution in [0.25, 0.3) is 0 Å². The molecule has 5 heteroatoms. The molecule has 0 aromatic carbocycles. The van der Waals surface area contributed by atoms with Crippen LogP contribution in [0.3, 0.4) is 0 Å². The van der Waals surface area contributed by atoms with Gasteiger partial charge in [0, 0.05) is 18.7 Å². The zero-order chi connectivity index (χ0) is 11.4. The Morgan fingerprint density at radius 1 is 1.44 bits per heavy atom. The molecule has 2 rings (SSSR count). The Labute approximate surface area is 94.5 Å². The monoisotopic (exact) mass is 220 g/mol. The van der Waals surface area contributed by atoms with Crippen LogP contribution >= 0.6 is 0 Å². The molecule has 0 fully saturated rings. The van der Waals surface area contributed by atoms with Gasteiger partial charge >= 0.3 is 0 Å². The predicted octanol–water partition coefficient (Wildman–Crippen LogP) is 1.28. The lowest BCUT2D eigenvalue weighted by Gasteiger charge is -2.04. The van der Waals surface area contributed by atoms with Gasteiger partial charge in [-0.15, -0.1) is 0 Å². The summed E-state index contributed by atoms with van der Waals surface area (Å²) in [5, 5.41) is 7.62. The Kier molecular flexibility index (Phi) is 3.36. The summed E-state index contributed by atoms with van der Waals surface area (Å²) in [6.07, 6.45) is 3.43. The first-order valence-corrected chi connectivity index (χ1v) is 5.35. The maximum Gasteiger partial charge on any atom is 0.147 e. The van der Waals surface area contributed by atoms with Crippen molar-refractivity contribution in [3.8, 4) is 0 Å². The van der Waals surface area contributed by atoms with Gasteiger partial charge in [-0.3, -0.25) is 0 Å². The summed E-state index contributed by atoms with van der Waals surface area (Å²) in [7, 11) is 0. The molecule has 0 spiro atoms. The lowest BCUT2D eigenvalue weighted by Crippen LogP contribution is -2.20. The highest BCUT2D eigenvalue weighted by atomic mass is 16.3. The van der Waals surface area contributed by atoms with E-state index in [0.29, 0.717) is 0 Å². The molecule has 86 valence electrons. The van der Waals surface area contributed by atoms with Crippen molar-refractivity contribution in [1.29, 1.82) is 0 Å². The van der Waals surface area contributed by atoms with Crippen LogP contribution in [0.2, 0.25) is 0 Å². The van der Waals surface area contributed by atoms with Gasteiger partial charge in [0.2, 0.25) is 0 Å². The summed E-state index contributed by atoms with van der Waals surface area (Å²) >= 11 is 0. The van der Waals surface area contributed by atoms with Crippen molar-refractivity contribution >= 4 is 0 Å². The summed E-state index contributed by atoms with van der Waals surface area (Å²) in [6, 6.07) is 1.96. The third-order valence-electron chi connectivity index (χ3n) is 2.37. The van der Waals surface area contributed by atoms with Crippen molar-refractivity contribution in [1.82, 2.24) is 20.1 Å². The van der Waals surface area contributed by atoms with Gasteiger partial charge in [-0.25, -0.2) is 9.67 Å². The van der Waals surface area contributed by atoms with Gasteiger partial charge in [0.25, 0.3) is 0 Å². The molecule has 0 aliphatic carbocycles. The minimum absolute atomic E-state index is 0.823. The number of nitrogens with one attached hydrogen (secondary N) is 1. The Morgan fingerprint density at radius 2 is 2.31 bits per heavy atom. The summed E-state index contributed by atoms with van der Waals surface area (Å²) in [5.74, 6) is 1.79. The molecule has 0 saturated heterocycles. The first kappa shape index (κ1) is 10.9. The smallest absolute Gasteiger partial charge is 0.147 e. The zero-order valence-corrected chi connectivity index (χ0v) is 9.60. The van der Waals surface area contributed by atoms with E-state index in [1.54, 1.807) is 12.5 Å². The molecule has 16 heavy (non-hydrogen) atoms. The molecule has 2 aromatic rings. The molecule has 0 unspecified atom stereocenters. The number of hydrogen-bond acceptors (Lipinski definition) is 4. The van der Waals surface area contributed by atoms with Crippen LogP contribution in [0.5, 0.6) is 0 Å². The number of nitrogens with zero attached hydrogens (tertiary/aromatic N) is 3. The molecular formula is C11H16N4O. The van der Waals surface area contributed by atoms with Gasteiger partial charge in [-0.05, 0) is 19.9 Å². The molecular weight excluding hydrogens is 204 g/mol. The fourth-order valence-electron chi connectivity index (χ4n) is 1.58. The topological polar surface area (TPSA) is 55.9 Å². The second-order valence-corrected chi connectivity index (χ2v) is 3.74. The molecule has 2 heterocycles. The predicted molar refractivity (Wildman–Crippen MR) is 59.9 cm³/mol. The summed E-state index contributed by atoms with van der Waals surface area (Å²) in [5.41, 5.74) is 1.16. The van der Waals surface area contributed by atoms with E-state index in [1.165, 1.54) is 0 Å². The fourth-order valence-corrected chi connectivity index (χ4v) is 1.58. The largest absolute Gasteiger partial charge is 0.472 e. The van der Waals surface area contributed by atoms with E-state index in [9.17, 15) is 0 Å². The van der Waals surface area contributed by atoms with Crippen molar-refractivity contribution in [3.05, 3.63) is 35.8 Å². The maximum absolute atomic E-state index is 4.98. The van der Waals surface area contributed by atoms with Gasteiger partial charge < -0.3 is 9.73 Å². The number of furan rings is 1. The number of aryl methyl sites for hydroxylation is 2. The van der Waals surface area contributed by atoms with Crippen molar-refractivity contribution in [3.63, 3.8) is 0 Å². The van der Waals surface area contributed by atoms with E-state index in [0.717, 1.165) is 36.8 Å². The zero-order valence-electron chi connectivity index (χ0n) is 9.60.